The van der Waals surface area contributed by atoms with Gasteiger partial charge in [-0.25, -0.2) is 0 Å². The summed E-state index contributed by atoms with van der Waals surface area (Å²) in [4.78, 5) is 0. The Morgan fingerprint density at radius 1 is 1.44 bits per heavy atom. The maximum absolute atomic E-state index is 6.21. The fourth-order valence-corrected chi connectivity index (χ4v) is 8.66. The lowest BCUT2D eigenvalue weighted by atomic mass is 10.4. The summed E-state index contributed by atoms with van der Waals surface area (Å²) >= 11 is 3.83. The first-order valence-corrected chi connectivity index (χ1v) is 8.85. The molecular formula is C13H17BrOSi. The predicted molar refractivity (Wildman–Crippen MR) is 74.7 cm³/mol. The number of benzene rings is 1. The van der Waals surface area contributed by atoms with Crippen LogP contribution in [0.4, 0.5) is 0 Å². The summed E-state index contributed by atoms with van der Waals surface area (Å²) in [6.45, 7) is 4.42. The average molecular weight is 297 g/mol. The summed E-state index contributed by atoms with van der Waals surface area (Å²) < 4.78 is 6.76. The predicted octanol–water partition coefficient (Wildman–Crippen LogP) is 3.14. The molecule has 1 aromatic rings. The topological polar surface area (TPSA) is 9.23 Å². The van der Waals surface area contributed by atoms with Crippen LogP contribution in [0.1, 0.15) is 12.8 Å². The molecule has 0 saturated carbocycles. The van der Waals surface area contributed by atoms with Gasteiger partial charge < -0.3 is 4.43 Å². The Hall–Kier alpha value is -0.383. The van der Waals surface area contributed by atoms with Gasteiger partial charge in [0.25, 0.3) is 0 Å². The van der Waals surface area contributed by atoms with E-state index in [0.717, 1.165) is 0 Å². The second-order valence-corrected chi connectivity index (χ2v) is 10.0. The van der Waals surface area contributed by atoms with Crippen molar-refractivity contribution in [3.05, 3.63) is 43.0 Å². The third-order valence-electron chi connectivity index (χ3n) is 3.23. The average Bonchev–Trinajstić information content (AvgIpc) is 2.70. The van der Waals surface area contributed by atoms with Crippen LogP contribution in [0.2, 0.25) is 6.04 Å². The summed E-state index contributed by atoms with van der Waals surface area (Å²) in [5.41, 5.74) is 0. The minimum absolute atomic E-state index is 0.544. The third kappa shape index (κ3) is 2.17. The zero-order valence-corrected chi connectivity index (χ0v) is 11.9. The van der Waals surface area contributed by atoms with Crippen molar-refractivity contribution in [3.63, 3.8) is 0 Å². The molecule has 0 aromatic heterocycles. The van der Waals surface area contributed by atoms with Gasteiger partial charge in [0.15, 0.2) is 0 Å². The van der Waals surface area contributed by atoms with Gasteiger partial charge in [0.2, 0.25) is 8.32 Å². The van der Waals surface area contributed by atoms with Crippen molar-refractivity contribution in [2.45, 2.75) is 23.3 Å². The Kier molecular flexibility index (Phi) is 4.00. The third-order valence-corrected chi connectivity index (χ3v) is 10.3. The molecule has 1 nitrogen and oxygen atoms in total. The lowest BCUT2D eigenvalue weighted by molar-refractivity contribution is 0.356. The van der Waals surface area contributed by atoms with Gasteiger partial charge in [0.05, 0.1) is 6.61 Å². The lowest BCUT2D eigenvalue weighted by Gasteiger charge is -2.30. The molecule has 1 aliphatic rings. The van der Waals surface area contributed by atoms with Gasteiger partial charge in [-0.1, -0.05) is 58.8 Å². The molecule has 1 saturated heterocycles. The first-order valence-electron chi connectivity index (χ1n) is 5.74. The quantitative estimate of drug-likeness (QED) is 0.471. The molecule has 0 radical (unpaired) electrons. The Bertz CT molecular complexity index is 354. The molecule has 86 valence electrons. The van der Waals surface area contributed by atoms with Crippen molar-refractivity contribution < 1.29 is 4.43 Å². The zero-order chi connectivity index (χ0) is 11.4. The molecule has 1 aliphatic heterocycles. The lowest BCUT2D eigenvalue weighted by Crippen LogP contribution is -2.55. The van der Waals surface area contributed by atoms with Gasteiger partial charge in [0.1, 0.15) is 0 Å². The van der Waals surface area contributed by atoms with Crippen molar-refractivity contribution >= 4 is 29.4 Å². The molecule has 3 heteroatoms. The first kappa shape index (κ1) is 12.1. The molecule has 0 N–H and O–H groups in total. The maximum atomic E-state index is 6.21. The van der Waals surface area contributed by atoms with Crippen LogP contribution in [0.5, 0.6) is 0 Å². The van der Waals surface area contributed by atoms with E-state index in [0.29, 0.717) is 11.1 Å². The van der Waals surface area contributed by atoms with Gasteiger partial charge >= 0.3 is 0 Å². The zero-order valence-electron chi connectivity index (χ0n) is 9.36. The number of hydrogen-bond donors (Lipinski definition) is 0. The van der Waals surface area contributed by atoms with Gasteiger partial charge in [0, 0.05) is 4.45 Å². The van der Waals surface area contributed by atoms with Crippen LogP contribution in [-0.4, -0.2) is 19.4 Å². The second-order valence-electron chi connectivity index (χ2n) is 4.21. The number of rotatable bonds is 4. The first-order chi connectivity index (χ1) is 7.79. The molecule has 2 unspecified atom stereocenters. The molecule has 1 heterocycles. The number of halogens is 1. The van der Waals surface area contributed by atoms with Crippen LogP contribution in [0.25, 0.3) is 0 Å². The smallest absolute Gasteiger partial charge is 0.238 e. The maximum Gasteiger partial charge on any atom is 0.238 e. The molecule has 0 aliphatic carbocycles. The minimum Gasteiger partial charge on any atom is -0.408 e. The van der Waals surface area contributed by atoms with Crippen molar-refractivity contribution in [2.24, 2.45) is 0 Å². The van der Waals surface area contributed by atoms with Crippen molar-refractivity contribution in [1.29, 1.82) is 0 Å². The summed E-state index contributed by atoms with van der Waals surface area (Å²) in [6, 6.07) is 11.9. The molecule has 1 aromatic carbocycles. The van der Waals surface area contributed by atoms with E-state index in [2.05, 4.69) is 52.8 Å². The van der Waals surface area contributed by atoms with Crippen LogP contribution in [0.3, 0.4) is 0 Å². The fraction of sp³-hybridized carbons (Fsp3) is 0.385. The van der Waals surface area contributed by atoms with Crippen LogP contribution in [0, 0.1) is 0 Å². The highest BCUT2D eigenvalue weighted by Gasteiger charge is 2.47. The molecular weight excluding hydrogens is 280 g/mol. The molecule has 0 amide bonds. The van der Waals surface area contributed by atoms with Crippen LogP contribution in [0.15, 0.2) is 43.0 Å². The van der Waals surface area contributed by atoms with Gasteiger partial charge in [-0.05, 0) is 17.7 Å². The van der Waals surface area contributed by atoms with Gasteiger partial charge in [-0.2, -0.15) is 0 Å². The van der Waals surface area contributed by atoms with E-state index in [-0.39, 0.29) is 0 Å². The molecule has 0 spiro atoms. The van der Waals surface area contributed by atoms with E-state index in [9.17, 15) is 0 Å². The van der Waals surface area contributed by atoms with Crippen LogP contribution < -0.4 is 5.19 Å². The number of alkyl halides is 1. The van der Waals surface area contributed by atoms with E-state index in [1.165, 1.54) is 24.1 Å². The molecule has 1 fully saturated rings. The SMILES string of the molecule is C=CCO[Si]1(c2ccccc2)CCCC1Br. The Morgan fingerprint density at radius 3 is 2.75 bits per heavy atom. The standard InChI is InChI=1S/C13H17BrOSi/c1-2-10-15-16(11-6-9-13(16)14)12-7-4-3-5-8-12/h2-5,7-8,13H,1,6,9-11H2. The van der Waals surface area contributed by atoms with Crippen molar-refractivity contribution in [2.75, 3.05) is 6.61 Å². The van der Waals surface area contributed by atoms with E-state index in [1.807, 2.05) is 6.08 Å². The van der Waals surface area contributed by atoms with Crippen LogP contribution in [-0.2, 0) is 4.43 Å². The fourth-order valence-electron chi connectivity index (χ4n) is 2.43. The number of hydrogen-bond acceptors (Lipinski definition) is 1. The monoisotopic (exact) mass is 296 g/mol. The van der Waals surface area contributed by atoms with E-state index < -0.39 is 8.32 Å². The minimum atomic E-state index is -1.79. The summed E-state index contributed by atoms with van der Waals surface area (Å²) in [7, 11) is -1.79. The van der Waals surface area contributed by atoms with E-state index >= 15 is 0 Å². The van der Waals surface area contributed by atoms with E-state index in [4.69, 9.17) is 4.43 Å². The van der Waals surface area contributed by atoms with Crippen molar-refractivity contribution in [3.8, 4) is 0 Å². The molecule has 16 heavy (non-hydrogen) atoms. The Labute approximate surface area is 107 Å². The summed E-state index contributed by atoms with van der Waals surface area (Å²) in [5, 5.41) is 1.41. The summed E-state index contributed by atoms with van der Waals surface area (Å²) in [5.74, 6) is 0. The highest BCUT2D eigenvalue weighted by atomic mass is 79.9. The largest absolute Gasteiger partial charge is 0.408 e. The molecule has 0 bridgehead atoms. The van der Waals surface area contributed by atoms with Crippen molar-refractivity contribution in [1.82, 2.24) is 0 Å². The Morgan fingerprint density at radius 2 is 2.19 bits per heavy atom. The van der Waals surface area contributed by atoms with E-state index in [1.54, 1.807) is 0 Å². The van der Waals surface area contributed by atoms with Gasteiger partial charge in [-0.15, -0.1) is 6.58 Å². The normalized spacial score (nSPS) is 29.2. The van der Waals surface area contributed by atoms with Crippen LogP contribution >= 0.6 is 15.9 Å². The highest BCUT2D eigenvalue weighted by Crippen LogP contribution is 2.35. The second kappa shape index (κ2) is 5.30. The Balaban J connectivity index is 2.30. The highest BCUT2D eigenvalue weighted by molar-refractivity contribution is 9.10. The molecule has 2 rings (SSSR count). The summed E-state index contributed by atoms with van der Waals surface area (Å²) in [6.07, 6.45) is 4.36. The molecule has 2 atom stereocenters. The van der Waals surface area contributed by atoms with Gasteiger partial charge in [-0.3, -0.25) is 0 Å².